The Bertz CT molecular complexity index is 1150. The van der Waals surface area contributed by atoms with Crippen LogP contribution in [-0.4, -0.2) is 27.7 Å². The van der Waals surface area contributed by atoms with Crippen molar-refractivity contribution >= 4 is 29.0 Å². The maximum Gasteiger partial charge on any atom is 0.170 e. The van der Waals surface area contributed by atoms with Crippen molar-refractivity contribution in [1.82, 2.24) is 0 Å². The van der Waals surface area contributed by atoms with Crippen LogP contribution in [0.4, 0.5) is 0 Å². The number of carbonyl (C=O) groups excluding carboxylic acids is 1. The van der Waals surface area contributed by atoms with Crippen molar-refractivity contribution in [1.29, 1.82) is 0 Å². The van der Waals surface area contributed by atoms with Gasteiger partial charge in [-0.2, -0.15) is 0 Å². The van der Waals surface area contributed by atoms with Crippen LogP contribution in [0, 0.1) is 0 Å². The second-order valence-electron chi connectivity index (χ2n) is 8.59. The summed E-state index contributed by atoms with van der Waals surface area (Å²) >= 11 is 12.9. The fourth-order valence-electron chi connectivity index (χ4n) is 3.66. The normalized spacial score (nSPS) is 11.1. The molecule has 0 heterocycles. The van der Waals surface area contributed by atoms with Crippen LogP contribution in [-0.2, 0) is 17.6 Å². The summed E-state index contributed by atoms with van der Waals surface area (Å²) in [6.45, 7) is 3.94. The molecule has 3 rings (SSSR count). The number of ether oxygens (including phenoxy) is 1. The van der Waals surface area contributed by atoms with Gasteiger partial charge >= 0.3 is 0 Å². The number of aryl methyl sites for hydroxylation is 1. The van der Waals surface area contributed by atoms with E-state index in [4.69, 9.17) is 27.9 Å². The minimum atomic E-state index is -0.171. The number of ketones is 1. The third-order valence-corrected chi connectivity index (χ3v) is 6.24. The fourth-order valence-corrected chi connectivity index (χ4v) is 4.26. The average molecular weight is 503 g/mol. The SMILES string of the molecule is CC(C)c1cc(Cc2c(Cl)cc(OCC(=O)CCCc3ccc(O)c(O)c3)cc2Cl)ccc1O. The molecule has 0 aliphatic carbocycles. The number of Topliss-reactive ketones (excluding diaryl/α,β-unsaturated/α-hetero) is 1. The highest BCUT2D eigenvalue weighted by atomic mass is 35.5. The summed E-state index contributed by atoms with van der Waals surface area (Å²) in [5.74, 6) is 0.474. The summed E-state index contributed by atoms with van der Waals surface area (Å²) in [6.07, 6.45) is 2.02. The monoisotopic (exact) mass is 502 g/mol. The van der Waals surface area contributed by atoms with Gasteiger partial charge in [-0.15, -0.1) is 0 Å². The highest BCUT2D eigenvalue weighted by Gasteiger charge is 2.14. The number of aromatic hydroxyl groups is 3. The lowest BCUT2D eigenvalue weighted by molar-refractivity contribution is -0.121. The highest BCUT2D eigenvalue weighted by Crippen LogP contribution is 2.34. The zero-order valence-electron chi connectivity index (χ0n) is 19.1. The molecule has 180 valence electrons. The van der Waals surface area contributed by atoms with E-state index < -0.39 is 0 Å². The second-order valence-corrected chi connectivity index (χ2v) is 9.41. The van der Waals surface area contributed by atoms with Gasteiger partial charge in [-0.25, -0.2) is 0 Å². The molecule has 0 radical (unpaired) electrons. The molecule has 0 unspecified atom stereocenters. The molecule has 0 spiro atoms. The molecule has 0 aliphatic heterocycles. The molecule has 0 amide bonds. The first-order valence-corrected chi connectivity index (χ1v) is 11.8. The molecule has 0 bridgehead atoms. The van der Waals surface area contributed by atoms with Gasteiger partial charge in [0.2, 0.25) is 0 Å². The molecule has 7 heteroatoms. The van der Waals surface area contributed by atoms with Crippen molar-refractivity contribution in [2.45, 2.75) is 45.4 Å². The van der Waals surface area contributed by atoms with Gasteiger partial charge in [-0.1, -0.05) is 55.2 Å². The highest BCUT2D eigenvalue weighted by molar-refractivity contribution is 6.36. The van der Waals surface area contributed by atoms with Gasteiger partial charge in [0.05, 0.1) is 0 Å². The van der Waals surface area contributed by atoms with Gasteiger partial charge in [0.25, 0.3) is 0 Å². The van der Waals surface area contributed by atoms with Gasteiger partial charge in [0.15, 0.2) is 17.3 Å². The van der Waals surface area contributed by atoms with E-state index in [0.29, 0.717) is 41.5 Å². The number of hydrogen-bond donors (Lipinski definition) is 3. The van der Waals surface area contributed by atoms with Gasteiger partial charge in [0, 0.05) is 22.9 Å². The zero-order chi connectivity index (χ0) is 24.8. The standard InChI is InChI=1S/C27H28Cl2O5/c1-16(2)21-10-18(7-8-25(21)31)11-22-23(28)13-20(14-24(22)29)34-15-19(30)5-3-4-17-6-9-26(32)27(33)12-17/h6-10,12-14,16,31-33H,3-5,11,15H2,1-2H3. The molecule has 0 aromatic heterocycles. The minimum absolute atomic E-state index is 0.0652. The van der Waals surface area contributed by atoms with Crippen molar-refractivity contribution in [3.63, 3.8) is 0 Å². The fraction of sp³-hybridized carbons (Fsp3) is 0.296. The predicted octanol–water partition coefficient (Wildman–Crippen LogP) is 6.80. The van der Waals surface area contributed by atoms with E-state index in [1.54, 1.807) is 24.3 Å². The summed E-state index contributed by atoms with van der Waals surface area (Å²) in [7, 11) is 0. The van der Waals surface area contributed by atoms with E-state index in [1.165, 1.54) is 12.1 Å². The Morgan fingerprint density at radius 2 is 1.53 bits per heavy atom. The molecule has 5 nitrogen and oxygen atoms in total. The summed E-state index contributed by atoms with van der Waals surface area (Å²) in [6, 6.07) is 13.4. The Hall–Kier alpha value is -2.89. The van der Waals surface area contributed by atoms with E-state index in [9.17, 15) is 20.1 Å². The second kappa shape index (κ2) is 11.5. The van der Waals surface area contributed by atoms with E-state index >= 15 is 0 Å². The van der Waals surface area contributed by atoms with E-state index in [-0.39, 0.29) is 35.6 Å². The van der Waals surface area contributed by atoms with Crippen LogP contribution in [0.3, 0.4) is 0 Å². The molecule has 34 heavy (non-hydrogen) atoms. The maximum absolute atomic E-state index is 12.2. The van der Waals surface area contributed by atoms with Crippen molar-refractivity contribution < 1.29 is 24.9 Å². The lowest BCUT2D eigenvalue weighted by Gasteiger charge is -2.14. The molecule has 0 saturated heterocycles. The Morgan fingerprint density at radius 3 is 2.18 bits per heavy atom. The minimum Gasteiger partial charge on any atom is -0.508 e. The maximum atomic E-state index is 12.2. The summed E-state index contributed by atoms with van der Waals surface area (Å²) in [4.78, 5) is 12.2. The molecule has 3 N–H and O–H groups in total. The predicted molar refractivity (Wildman–Crippen MR) is 135 cm³/mol. The van der Waals surface area contributed by atoms with E-state index in [1.807, 2.05) is 26.0 Å². The van der Waals surface area contributed by atoms with E-state index in [2.05, 4.69) is 0 Å². The van der Waals surface area contributed by atoms with Crippen molar-refractivity contribution in [2.24, 2.45) is 0 Å². The first-order chi connectivity index (χ1) is 16.1. The van der Waals surface area contributed by atoms with Crippen molar-refractivity contribution in [2.75, 3.05) is 6.61 Å². The van der Waals surface area contributed by atoms with Crippen LogP contribution in [0.25, 0.3) is 0 Å². The van der Waals surface area contributed by atoms with E-state index in [0.717, 1.165) is 22.3 Å². The molecule has 0 saturated carbocycles. The zero-order valence-corrected chi connectivity index (χ0v) is 20.7. The molecular formula is C27H28Cl2O5. The van der Waals surface area contributed by atoms with Crippen LogP contribution in [0.5, 0.6) is 23.0 Å². The van der Waals surface area contributed by atoms with Gasteiger partial charge < -0.3 is 20.1 Å². The van der Waals surface area contributed by atoms with Crippen LogP contribution in [0.2, 0.25) is 10.0 Å². The Kier molecular flexibility index (Phi) is 8.70. The number of phenolic OH excluding ortho intramolecular Hbond substituents is 3. The van der Waals surface area contributed by atoms with Crippen LogP contribution >= 0.6 is 23.2 Å². The summed E-state index contributed by atoms with van der Waals surface area (Å²) in [5, 5.41) is 29.8. The number of hydrogen-bond acceptors (Lipinski definition) is 5. The summed E-state index contributed by atoms with van der Waals surface area (Å²) in [5.41, 5.74) is 3.44. The number of phenols is 3. The Balaban J connectivity index is 1.55. The summed E-state index contributed by atoms with van der Waals surface area (Å²) < 4.78 is 5.61. The van der Waals surface area contributed by atoms with Crippen LogP contribution in [0.15, 0.2) is 48.5 Å². The third-order valence-electron chi connectivity index (χ3n) is 5.57. The lowest BCUT2D eigenvalue weighted by atomic mass is 9.96. The number of rotatable bonds is 10. The molecule has 0 aliphatic rings. The molecule has 0 fully saturated rings. The van der Waals surface area contributed by atoms with Crippen LogP contribution < -0.4 is 4.74 Å². The first kappa shape index (κ1) is 25.7. The topological polar surface area (TPSA) is 87.0 Å². The Morgan fingerprint density at radius 1 is 0.882 bits per heavy atom. The largest absolute Gasteiger partial charge is 0.508 e. The molecule has 3 aromatic rings. The Labute approximate surface area is 209 Å². The smallest absolute Gasteiger partial charge is 0.170 e. The van der Waals surface area contributed by atoms with Gasteiger partial charge in [0.1, 0.15) is 18.1 Å². The third kappa shape index (κ3) is 6.81. The lowest BCUT2D eigenvalue weighted by Crippen LogP contribution is -2.11. The van der Waals surface area contributed by atoms with Crippen molar-refractivity contribution in [3.8, 4) is 23.0 Å². The molecule has 3 aromatic carbocycles. The molecule has 0 atom stereocenters. The quantitative estimate of drug-likeness (QED) is 0.265. The van der Waals surface area contributed by atoms with Gasteiger partial charge in [-0.3, -0.25) is 4.79 Å². The number of carbonyl (C=O) groups is 1. The van der Waals surface area contributed by atoms with Crippen molar-refractivity contribution in [3.05, 3.63) is 80.8 Å². The first-order valence-electron chi connectivity index (χ1n) is 11.1. The number of benzene rings is 3. The average Bonchev–Trinajstić information content (AvgIpc) is 2.78. The van der Waals surface area contributed by atoms with Gasteiger partial charge in [-0.05, 0) is 71.3 Å². The van der Waals surface area contributed by atoms with Crippen LogP contribution in [0.1, 0.15) is 54.9 Å². The number of halogens is 2. The molecular weight excluding hydrogens is 475 g/mol.